The number of ether oxygens (including phenoxy) is 1. The first-order valence-corrected chi connectivity index (χ1v) is 8.55. The average Bonchev–Trinajstić information content (AvgIpc) is 3.02. The maximum Gasteiger partial charge on any atom is 0.221 e. The van der Waals surface area contributed by atoms with Crippen molar-refractivity contribution in [2.24, 2.45) is 0 Å². The standard InChI is InChI=1S/C19H20ClN3O2/c1-25-18-5-3-2-4-14(18)8-10-21-19(24)9-11-23-17-7-6-16(20)12-15(17)13-22-23/h2-7,12-13H,8-11H2,1H3,(H,21,24). The van der Waals surface area contributed by atoms with E-state index in [1.54, 1.807) is 13.3 Å². The first-order valence-electron chi connectivity index (χ1n) is 8.17. The van der Waals surface area contributed by atoms with Crippen LogP contribution in [0.5, 0.6) is 5.75 Å². The van der Waals surface area contributed by atoms with Crippen LogP contribution in [0.25, 0.3) is 10.9 Å². The van der Waals surface area contributed by atoms with Crippen LogP contribution in [-0.4, -0.2) is 29.3 Å². The lowest BCUT2D eigenvalue weighted by Gasteiger charge is -2.09. The highest BCUT2D eigenvalue weighted by molar-refractivity contribution is 6.31. The molecule has 1 aromatic heterocycles. The highest BCUT2D eigenvalue weighted by Gasteiger charge is 2.07. The number of halogens is 1. The Morgan fingerprint density at radius 3 is 2.96 bits per heavy atom. The van der Waals surface area contributed by atoms with Crippen LogP contribution in [-0.2, 0) is 17.8 Å². The van der Waals surface area contributed by atoms with E-state index in [1.165, 1.54) is 0 Å². The molecule has 0 saturated carbocycles. The summed E-state index contributed by atoms with van der Waals surface area (Å²) in [5, 5.41) is 8.92. The Morgan fingerprint density at radius 1 is 1.28 bits per heavy atom. The molecule has 0 saturated heterocycles. The number of carbonyl (C=O) groups excluding carboxylic acids is 1. The van der Waals surface area contributed by atoms with E-state index in [9.17, 15) is 4.79 Å². The van der Waals surface area contributed by atoms with Gasteiger partial charge in [-0.2, -0.15) is 5.10 Å². The Hall–Kier alpha value is -2.53. The Kier molecular flexibility index (Phi) is 5.56. The molecule has 0 aliphatic carbocycles. The van der Waals surface area contributed by atoms with Crippen molar-refractivity contribution in [2.45, 2.75) is 19.4 Å². The number of rotatable bonds is 7. The van der Waals surface area contributed by atoms with Crippen molar-refractivity contribution >= 4 is 28.4 Å². The lowest BCUT2D eigenvalue weighted by Crippen LogP contribution is -2.26. The summed E-state index contributed by atoms with van der Waals surface area (Å²) in [6.45, 7) is 1.11. The number of amides is 1. The molecule has 6 heteroatoms. The highest BCUT2D eigenvalue weighted by Crippen LogP contribution is 2.19. The zero-order valence-corrected chi connectivity index (χ0v) is 14.8. The van der Waals surface area contributed by atoms with Gasteiger partial charge in [0.25, 0.3) is 0 Å². The van der Waals surface area contributed by atoms with Crippen LogP contribution in [0.3, 0.4) is 0 Å². The molecule has 1 N–H and O–H groups in total. The van der Waals surface area contributed by atoms with Crippen LogP contribution >= 0.6 is 11.6 Å². The predicted molar refractivity (Wildman–Crippen MR) is 99.1 cm³/mol. The lowest BCUT2D eigenvalue weighted by molar-refractivity contribution is -0.121. The van der Waals surface area contributed by atoms with E-state index in [-0.39, 0.29) is 5.91 Å². The molecule has 3 aromatic rings. The molecule has 0 bridgehead atoms. The third kappa shape index (κ3) is 4.31. The summed E-state index contributed by atoms with van der Waals surface area (Å²) >= 11 is 5.97. The molecular weight excluding hydrogens is 338 g/mol. The van der Waals surface area contributed by atoms with E-state index in [0.29, 0.717) is 24.5 Å². The monoisotopic (exact) mass is 357 g/mol. The number of methoxy groups -OCH3 is 1. The van der Waals surface area contributed by atoms with Crippen LogP contribution in [0.1, 0.15) is 12.0 Å². The number of fused-ring (bicyclic) bond motifs is 1. The van der Waals surface area contributed by atoms with Gasteiger partial charge in [-0.15, -0.1) is 0 Å². The SMILES string of the molecule is COc1ccccc1CCNC(=O)CCn1ncc2cc(Cl)ccc21. The summed E-state index contributed by atoms with van der Waals surface area (Å²) in [6, 6.07) is 13.4. The van der Waals surface area contributed by atoms with Gasteiger partial charge < -0.3 is 10.1 Å². The zero-order chi connectivity index (χ0) is 17.6. The summed E-state index contributed by atoms with van der Waals surface area (Å²) < 4.78 is 7.14. The molecule has 0 spiro atoms. The zero-order valence-electron chi connectivity index (χ0n) is 14.0. The molecule has 0 atom stereocenters. The number of carbonyl (C=O) groups is 1. The van der Waals surface area contributed by atoms with Crippen molar-refractivity contribution in [3.8, 4) is 5.75 Å². The summed E-state index contributed by atoms with van der Waals surface area (Å²) in [5.41, 5.74) is 2.06. The Morgan fingerprint density at radius 2 is 2.12 bits per heavy atom. The summed E-state index contributed by atoms with van der Waals surface area (Å²) in [4.78, 5) is 12.1. The maximum atomic E-state index is 12.1. The molecule has 0 radical (unpaired) electrons. The molecule has 0 unspecified atom stereocenters. The number of aromatic nitrogens is 2. The fraction of sp³-hybridized carbons (Fsp3) is 0.263. The van der Waals surface area contributed by atoms with Gasteiger partial charge in [-0.25, -0.2) is 0 Å². The van der Waals surface area contributed by atoms with Gasteiger partial charge in [0.05, 0.1) is 25.4 Å². The second-order valence-electron chi connectivity index (χ2n) is 5.73. The first kappa shape index (κ1) is 17.3. The molecule has 3 rings (SSSR count). The number of hydrogen-bond donors (Lipinski definition) is 1. The van der Waals surface area contributed by atoms with Crippen LogP contribution in [0.2, 0.25) is 5.02 Å². The van der Waals surface area contributed by atoms with Crippen molar-refractivity contribution in [3.05, 3.63) is 59.2 Å². The third-order valence-electron chi connectivity index (χ3n) is 4.06. The second kappa shape index (κ2) is 8.03. The number of aryl methyl sites for hydroxylation is 1. The van der Waals surface area contributed by atoms with Gasteiger partial charge in [0.2, 0.25) is 5.91 Å². The van der Waals surface area contributed by atoms with Gasteiger partial charge in [0.15, 0.2) is 0 Å². The fourth-order valence-corrected chi connectivity index (χ4v) is 2.96. The van der Waals surface area contributed by atoms with Crippen molar-refractivity contribution < 1.29 is 9.53 Å². The minimum atomic E-state index is 0.00696. The van der Waals surface area contributed by atoms with Gasteiger partial charge in [0, 0.05) is 23.4 Å². The number of benzene rings is 2. The third-order valence-corrected chi connectivity index (χ3v) is 4.30. The van der Waals surface area contributed by atoms with Crippen molar-refractivity contribution in [3.63, 3.8) is 0 Å². The van der Waals surface area contributed by atoms with Crippen molar-refractivity contribution in [1.29, 1.82) is 0 Å². The van der Waals surface area contributed by atoms with Gasteiger partial charge in [-0.05, 0) is 36.2 Å². The molecule has 5 nitrogen and oxygen atoms in total. The summed E-state index contributed by atoms with van der Waals surface area (Å²) in [5.74, 6) is 0.853. The molecule has 1 heterocycles. The minimum Gasteiger partial charge on any atom is -0.496 e. The smallest absolute Gasteiger partial charge is 0.221 e. The Labute approximate surface area is 151 Å². The molecule has 0 aliphatic rings. The topological polar surface area (TPSA) is 56.1 Å². The molecule has 0 aliphatic heterocycles. The fourth-order valence-electron chi connectivity index (χ4n) is 2.78. The lowest BCUT2D eigenvalue weighted by atomic mass is 10.1. The molecule has 0 fully saturated rings. The van der Waals surface area contributed by atoms with E-state index in [1.807, 2.05) is 47.1 Å². The molecular formula is C19H20ClN3O2. The Bertz CT molecular complexity index is 876. The molecule has 130 valence electrons. The predicted octanol–water partition coefficient (Wildman–Crippen LogP) is 3.45. The van der Waals surface area contributed by atoms with Crippen molar-refractivity contribution in [1.82, 2.24) is 15.1 Å². The normalized spacial score (nSPS) is 10.8. The van der Waals surface area contributed by atoms with E-state index in [2.05, 4.69) is 10.4 Å². The molecule has 25 heavy (non-hydrogen) atoms. The van der Waals surface area contributed by atoms with E-state index >= 15 is 0 Å². The van der Waals surface area contributed by atoms with Gasteiger partial charge in [0.1, 0.15) is 5.75 Å². The number of nitrogens with zero attached hydrogens (tertiary/aromatic N) is 2. The van der Waals surface area contributed by atoms with E-state index < -0.39 is 0 Å². The summed E-state index contributed by atoms with van der Waals surface area (Å²) in [7, 11) is 1.65. The van der Waals surface area contributed by atoms with Gasteiger partial charge in [-0.1, -0.05) is 29.8 Å². The number of para-hydroxylation sites is 1. The maximum absolute atomic E-state index is 12.1. The van der Waals surface area contributed by atoms with Crippen LogP contribution in [0.15, 0.2) is 48.7 Å². The van der Waals surface area contributed by atoms with Crippen LogP contribution in [0, 0.1) is 0 Å². The number of hydrogen-bond acceptors (Lipinski definition) is 3. The van der Waals surface area contributed by atoms with Gasteiger partial charge >= 0.3 is 0 Å². The molecule has 2 aromatic carbocycles. The number of nitrogens with one attached hydrogen (secondary N) is 1. The van der Waals surface area contributed by atoms with E-state index in [0.717, 1.165) is 28.6 Å². The first-order chi connectivity index (χ1) is 12.2. The molecule has 1 amide bonds. The van der Waals surface area contributed by atoms with E-state index in [4.69, 9.17) is 16.3 Å². The van der Waals surface area contributed by atoms with Gasteiger partial charge in [-0.3, -0.25) is 9.48 Å². The quantitative estimate of drug-likeness (QED) is 0.704. The minimum absolute atomic E-state index is 0.00696. The average molecular weight is 358 g/mol. The second-order valence-corrected chi connectivity index (χ2v) is 6.17. The highest BCUT2D eigenvalue weighted by atomic mass is 35.5. The van der Waals surface area contributed by atoms with Crippen LogP contribution < -0.4 is 10.1 Å². The summed E-state index contributed by atoms with van der Waals surface area (Å²) in [6.07, 6.45) is 2.88. The van der Waals surface area contributed by atoms with Crippen molar-refractivity contribution in [2.75, 3.05) is 13.7 Å². The van der Waals surface area contributed by atoms with Crippen LogP contribution in [0.4, 0.5) is 0 Å². The Balaban J connectivity index is 1.49. The largest absolute Gasteiger partial charge is 0.496 e.